The van der Waals surface area contributed by atoms with Crippen LogP contribution in [0.15, 0.2) is 24.7 Å². The van der Waals surface area contributed by atoms with E-state index < -0.39 is 0 Å². The maximum atomic E-state index is 4.17. The van der Waals surface area contributed by atoms with Gasteiger partial charge in [0.2, 0.25) is 0 Å². The summed E-state index contributed by atoms with van der Waals surface area (Å²) in [6, 6.07) is 3.81. The first-order chi connectivity index (χ1) is 7.90. The fraction of sp³-hybridized carbons (Fsp3) is 0.400. The summed E-state index contributed by atoms with van der Waals surface area (Å²) in [5.74, 6) is 0.936. The monoisotopic (exact) mass is 218 g/mol. The first-order valence-corrected chi connectivity index (χ1v) is 5.24. The highest BCUT2D eigenvalue weighted by Crippen LogP contribution is 1.95. The van der Waals surface area contributed by atoms with Crippen molar-refractivity contribution in [1.29, 1.82) is 0 Å². The molecule has 0 bridgehead atoms. The number of hydrogen-bond donors (Lipinski definition) is 1. The summed E-state index contributed by atoms with van der Waals surface area (Å²) in [5, 5.41) is 15.1. The molecule has 0 aliphatic heterocycles. The predicted molar refractivity (Wildman–Crippen MR) is 58.3 cm³/mol. The molecule has 6 heteroatoms. The molecule has 16 heavy (non-hydrogen) atoms. The zero-order valence-electron chi connectivity index (χ0n) is 9.17. The molecule has 0 radical (unpaired) electrons. The van der Waals surface area contributed by atoms with E-state index in [0.29, 0.717) is 13.1 Å². The molecule has 1 N–H and O–H groups in total. The standard InChI is InChI=1S/C10H14N6/c1-2-16-10(12-8-14-16)7-11-6-9-4-3-5-13-15-9/h3-5,8,11H,2,6-7H2,1H3. The van der Waals surface area contributed by atoms with E-state index in [1.165, 1.54) is 0 Å². The minimum absolute atomic E-state index is 0.685. The molecule has 0 unspecified atom stereocenters. The summed E-state index contributed by atoms with van der Waals surface area (Å²) >= 11 is 0. The van der Waals surface area contributed by atoms with E-state index in [4.69, 9.17) is 0 Å². The minimum Gasteiger partial charge on any atom is -0.304 e. The lowest BCUT2D eigenvalue weighted by Crippen LogP contribution is -2.17. The van der Waals surface area contributed by atoms with Crippen molar-refractivity contribution in [3.8, 4) is 0 Å². The average molecular weight is 218 g/mol. The van der Waals surface area contributed by atoms with Crippen LogP contribution in [-0.4, -0.2) is 25.0 Å². The van der Waals surface area contributed by atoms with Crippen molar-refractivity contribution >= 4 is 0 Å². The van der Waals surface area contributed by atoms with Gasteiger partial charge in [0.05, 0.1) is 12.2 Å². The van der Waals surface area contributed by atoms with Gasteiger partial charge in [-0.05, 0) is 19.1 Å². The van der Waals surface area contributed by atoms with Crippen LogP contribution in [0.3, 0.4) is 0 Å². The Morgan fingerprint density at radius 3 is 3.06 bits per heavy atom. The topological polar surface area (TPSA) is 68.5 Å². The summed E-state index contributed by atoms with van der Waals surface area (Å²) in [5.41, 5.74) is 0.921. The Kier molecular flexibility index (Phi) is 3.55. The lowest BCUT2D eigenvalue weighted by atomic mass is 10.4. The van der Waals surface area contributed by atoms with Crippen molar-refractivity contribution in [3.05, 3.63) is 36.2 Å². The Morgan fingerprint density at radius 1 is 1.38 bits per heavy atom. The largest absolute Gasteiger partial charge is 0.304 e. The molecule has 0 atom stereocenters. The van der Waals surface area contributed by atoms with Crippen LogP contribution in [0.25, 0.3) is 0 Å². The highest BCUT2D eigenvalue weighted by molar-refractivity contribution is 4.98. The van der Waals surface area contributed by atoms with Crippen molar-refractivity contribution in [3.63, 3.8) is 0 Å². The third-order valence-electron chi connectivity index (χ3n) is 2.21. The van der Waals surface area contributed by atoms with Gasteiger partial charge in [0.1, 0.15) is 12.2 Å². The number of rotatable bonds is 5. The molecule has 0 saturated heterocycles. The van der Waals surface area contributed by atoms with E-state index in [-0.39, 0.29) is 0 Å². The Labute approximate surface area is 93.7 Å². The van der Waals surface area contributed by atoms with Crippen LogP contribution in [0.2, 0.25) is 0 Å². The van der Waals surface area contributed by atoms with Crippen LogP contribution >= 0.6 is 0 Å². The fourth-order valence-corrected chi connectivity index (χ4v) is 1.42. The van der Waals surface area contributed by atoms with Crippen LogP contribution in [-0.2, 0) is 19.6 Å². The molecule has 0 aliphatic carbocycles. The molecule has 0 aliphatic rings. The average Bonchev–Trinajstić information content (AvgIpc) is 2.78. The van der Waals surface area contributed by atoms with Crippen LogP contribution in [0, 0.1) is 0 Å². The van der Waals surface area contributed by atoms with E-state index in [9.17, 15) is 0 Å². The van der Waals surface area contributed by atoms with Gasteiger partial charge in [-0.1, -0.05) is 0 Å². The van der Waals surface area contributed by atoms with E-state index in [1.807, 2.05) is 23.7 Å². The maximum absolute atomic E-state index is 4.17. The summed E-state index contributed by atoms with van der Waals surface area (Å²) in [6.45, 7) is 4.25. The van der Waals surface area contributed by atoms with Gasteiger partial charge in [-0.25, -0.2) is 9.67 Å². The first-order valence-electron chi connectivity index (χ1n) is 5.24. The van der Waals surface area contributed by atoms with Crippen LogP contribution < -0.4 is 5.32 Å². The molecular weight excluding hydrogens is 204 g/mol. The lowest BCUT2D eigenvalue weighted by Gasteiger charge is -2.04. The maximum Gasteiger partial charge on any atom is 0.140 e. The molecule has 2 aromatic heterocycles. The molecule has 0 spiro atoms. The van der Waals surface area contributed by atoms with E-state index >= 15 is 0 Å². The molecule has 6 nitrogen and oxygen atoms in total. The quantitative estimate of drug-likeness (QED) is 0.785. The summed E-state index contributed by atoms with van der Waals surface area (Å²) < 4.78 is 1.86. The molecular formula is C10H14N6. The Hall–Kier alpha value is -1.82. The van der Waals surface area contributed by atoms with Crippen LogP contribution in [0.5, 0.6) is 0 Å². The number of aryl methyl sites for hydroxylation is 1. The highest BCUT2D eigenvalue weighted by Gasteiger charge is 2.01. The summed E-state index contributed by atoms with van der Waals surface area (Å²) in [6.07, 6.45) is 3.24. The normalized spacial score (nSPS) is 10.6. The van der Waals surface area contributed by atoms with Crippen LogP contribution in [0.4, 0.5) is 0 Å². The Morgan fingerprint density at radius 2 is 2.31 bits per heavy atom. The predicted octanol–water partition coefficient (Wildman–Crippen LogP) is 0.378. The van der Waals surface area contributed by atoms with Gasteiger partial charge in [-0.3, -0.25) is 0 Å². The van der Waals surface area contributed by atoms with E-state index in [1.54, 1.807) is 12.5 Å². The van der Waals surface area contributed by atoms with Crippen molar-refractivity contribution in [2.24, 2.45) is 0 Å². The van der Waals surface area contributed by atoms with Crippen LogP contribution in [0.1, 0.15) is 18.4 Å². The molecule has 0 saturated carbocycles. The zero-order valence-corrected chi connectivity index (χ0v) is 9.17. The third-order valence-corrected chi connectivity index (χ3v) is 2.21. The van der Waals surface area contributed by atoms with Gasteiger partial charge in [-0.2, -0.15) is 15.3 Å². The minimum atomic E-state index is 0.685. The van der Waals surface area contributed by atoms with E-state index in [2.05, 4.69) is 25.6 Å². The molecule has 2 aromatic rings. The van der Waals surface area contributed by atoms with Gasteiger partial charge in [0.15, 0.2) is 0 Å². The van der Waals surface area contributed by atoms with Crippen molar-refractivity contribution in [1.82, 2.24) is 30.3 Å². The molecule has 0 fully saturated rings. The van der Waals surface area contributed by atoms with Gasteiger partial charge < -0.3 is 5.32 Å². The summed E-state index contributed by atoms with van der Waals surface area (Å²) in [4.78, 5) is 4.17. The van der Waals surface area contributed by atoms with Gasteiger partial charge in [-0.15, -0.1) is 0 Å². The fourth-order valence-electron chi connectivity index (χ4n) is 1.42. The number of nitrogens with zero attached hydrogens (tertiary/aromatic N) is 5. The second-order valence-electron chi connectivity index (χ2n) is 3.31. The Balaban J connectivity index is 1.85. The first kappa shape index (κ1) is 10.7. The number of aromatic nitrogens is 5. The Bertz CT molecular complexity index is 424. The summed E-state index contributed by atoms with van der Waals surface area (Å²) in [7, 11) is 0. The molecule has 84 valence electrons. The number of nitrogens with one attached hydrogen (secondary N) is 1. The van der Waals surface area contributed by atoms with Gasteiger partial charge in [0, 0.05) is 19.3 Å². The number of hydrogen-bond acceptors (Lipinski definition) is 5. The van der Waals surface area contributed by atoms with Crippen molar-refractivity contribution in [2.75, 3.05) is 0 Å². The second kappa shape index (κ2) is 5.32. The SMILES string of the molecule is CCn1ncnc1CNCc1cccnn1. The smallest absolute Gasteiger partial charge is 0.140 e. The van der Waals surface area contributed by atoms with Gasteiger partial charge in [0.25, 0.3) is 0 Å². The molecule has 0 amide bonds. The molecule has 2 heterocycles. The second-order valence-corrected chi connectivity index (χ2v) is 3.31. The van der Waals surface area contributed by atoms with Crippen molar-refractivity contribution in [2.45, 2.75) is 26.6 Å². The van der Waals surface area contributed by atoms with Crippen molar-refractivity contribution < 1.29 is 0 Å². The lowest BCUT2D eigenvalue weighted by molar-refractivity contribution is 0.567. The highest BCUT2D eigenvalue weighted by atomic mass is 15.3. The zero-order chi connectivity index (χ0) is 11.2. The third kappa shape index (κ3) is 2.60. The molecule has 2 rings (SSSR count). The molecule has 0 aromatic carbocycles. The van der Waals surface area contributed by atoms with Gasteiger partial charge >= 0.3 is 0 Å². The van der Waals surface area contributed by atoms with E-state index in [0.717, 1.165) is 18.1 Å².